The zero-order valence-electron chi connectivity index (χ0n) is 14.7. The van der Waals surface area contributed by atoms with Crippen LogP contribution in [0.3, 0.4) is 0 Å². The molecule has 0 bridgehead atoms. The number of rotatable bonds is 7. The number of nitrogens with one attached hydrogen (secondary N) is 2. The van der Waals surface area contributed by atoms with E-state index in [1.807, 2.05) is 0 Å². The fourth-order valence-electron chi connectivity index (χ4n) is 1.99. The van der Waals surface area contributed by atoms with Crippen molar-refractivity contribution >= 4 is 35.2 Å². The van der Waals surface area contributed by atoms with Gasteiger partial charge in [0.25, 0.3) is 11.8 Å². The van der Waals surface area contributed by atoms with E-state index in [1.54, 1.807) is 24.3 Å². The number of benzene rings is 1. The predicted octanol–water partition coefficient (Wildman–Crippen LogP) is 2.04. The Morgan fingerprint density at radius 1 is 1.22 bits per heavy atom. The second-order valence-electron chi connectivity index (χ2n) is 5.40. The van der Waals surface area contributed by atoms with Crippen LogP contribution in [0.4, 0.5) is 5.82 Å². The van der Waals surface area contributed by atoms with E-state index in [1.165, 1.54) is 32.4 Å². The van der Waals surface area contributed by atoms with Crippen molar-refractivity contribution < 1.29 is 23.9 Å². The van der Waals surface area contributed by atoms with Crippen LogP contribution in [0.15, 0.2) is 42.6 Å². The van der Waals surface area contributed by atoms with Crippen molar-refractivity contribution in [1.82, 2.24) is 10.3 Å². The summed E-state index contributed by atoms with van der Waals surface area (Å²) in [6.45, 7) is 1.03. The van der Waals surface area contributed by atoms with Crippen LogP contribution in [0.1, 0.15) is 17.3 Å². The Hall–Kier alpha value is -3.13. The Bertz CT molecular complexity index is 826. The van der Waals surface area contributed by atoms with Gasteiger partial charge in [0.2, 0.25) is 0 Å². The molecule has 0 aliphatic rings. The van der Waals surface area contributed by atoms with E-state index in [0.717, 1.165) is 0 Å². The minimum absolute atomic E-state index is 0.277. The van der Waals surface area contributed by atoms with Crippen LogP contribution in [0.5, 0.6) is 5.75 Å². The van der Waals surface area contributed by atoms with E-state index in [0.29, 0.717) is 16.3 Å². The summed E-state index contributed by atoms with van der Waals surface area (Å²) < 4.78 is 10.0. The van der Waals surface area contributed by atoms with Gasteiger partial charge in [-0.15, -0.1) is 0 Å². The van der Waals surface area contributed by atoms with E-state index >= 15 is 0 Å². The van der Waals surface area contributed by atoms with E-state index in [9.17, 15) is 14.4 Å². The van der Waals surface area contributed by atoms with Crippen LogP contribution >= 0.6 is 11.6 Å². The normalized spacial score (nSPS) is 11.2. The van der Waals surface area contributed by atoms with Gasteiger partial charge in [0.15, 0.2) is 6.10 Å². The van der Waals surface area contributed by atoms with Gasteiger partial charge in [0.1, 0.15) is 18.1 Å². The molecule has 2 N–H and O–H groups in total. The zero-order chi connectivity index (χ0) is 19.8. The summed E-state index contributed by atoms with van der Waals surface area (Å²) in [5.41, 5.74) is 0.335. The second kappa shape index (κ2) is 9.54. The number of methoxy groups -OCH3 is 1. The first-order valence-corrected chi connectivity index (χ1v) is 8.31. The van der Waals surface area contributed by atoms with Gasteiger partial charge in [-0.1, -0.05) is 17.7 Å². The Kier molecular flexibility index (Phi) is 7.13. The quantitative estimate of drug-likeness (QED) is 0.699. The number of ether oxygens (including phenoxy) is 2. The first-order valence-electron chi connectivity index (χ1n) is 7.93. The molecule has 2 amide bonds. The van der Waals surface area contributed by atoms with Crippen LogP contribution in [-0.4, -0.2) is 42.5 Å². The van der Waals surface area contributed by atoms with Gasteiger partial charge in [-0.05, 0) is 37.3 Å². The van der Waals surface area contributed by atoms with Crippen LogP contribution in [0, 0.1) is 0 Å². The van der Waals surface area contributed by atoms with Gasteiger partial charge in [-0.2, -0.15) is 0 Å². The Balaban J connectivity index is 1.80. The molecule has 0 saturated heterocycles. The maximum atomic E-state index is 12.0. The Labute approximate surface area is 160 Å². The number of carbonyl (C=O) groups is 3. The largest absolute Gasteiger partial charge is 0.497 e. The van der Waals surface area contributed by atoms with Crippen molar-refractivity contribution in [2.24, 2.45) is 0 Å². The molecule has 1 aromatic heterocycles. The first kappa shape index (κ1) is 20.2. The standard InChI is InChI=1S/C18H18ClN3O5/c1-11(17(24)22-15-7-6-13(19)9-20-15)27-16(23)10-21-18(25)12-4-3-5-14(8-12)26-2/h3-9,11H,10H2,1-2H3,(H,21,25)(H,20,22,24)/t11-/m1/s1. The van der Waals surface area contributed by atoms with Gasteiger partial charge >= 0.3 is 5.97 Å². The van der Waals surface area contributed by atoms with Gasteiger partial charge in [0.05, 0.1) is 12.1 Å². The van der Waals surface area contributed by atoms with Crippen LogP contribution in [0.25, 0.3) is 0 Å². The number of pyridine rings is 1. The Morgan fingerprint density at radius 3 is 2.67 bits per heavy atom. The first-order chi connectivity index (χ1) is 12.9. The molecular formula is C18H18ClN3O5. The highest BCUT2D eigenvalue weighted by atomic mass is 35.5. The third kappa shape index (κ3) is 6.27. The molecule has 2 aromatic rings. The van der Waals surface area contributed by atoms with Crippen molar-refractivity contribution in [3.05, 3.63) is 53.2 Å². The molecule has 1 aromatic carbocycles. The molecule has 1 atom stereocenters. The van der Waals surface area contributed by atoms with Crippen LogP contribution in [-0.2, 0) is 14.3 Å². The summed E-state index contributed by atoms with van der Waals surface area (Å²) in [7, 11) is 1.49. The number of nitrogens with zero attached hydrogens (tertiary/aromatic N) is 1. The monoisotopic (exact) mass is 391 g/mol. The number of aromatic nitrogens is 1. The highest BCUT2D eigenvalue weighted by Gasteiger charge is 2.19. The van der Waals surface area contributed by atoms with Crippen molar-refractivity contribution in [2.45, 2.75) is 13.0 Å². The minimum Gasteiger partial charge on any atom is -0.497 e. The van der Waals surface area contributed by atoms with E-state index in [4.69, 9.17) is 21.1 Å². The molecule has 0 unspecified atom stereocenters. The molecule has 1 heterocycles. The molecule has 9 heteroatoms. The average Bonchev–Trinajstić information content (AvgIpc) is 2.67. The summed E-state index contributed by atoms with van der Waals surface area (Å²) in [6.07, 6.45) is 0.311. The number of amides is 2. The molecule has 0 saturated carbocycles. The maximum Gasteiger partial charge on any atom is 0.326 e. The number of hydrogen-bond acceptors (Lipinski definition) is 6. The van der Waals surface area contributed by atoms with E-state index < -0.39 is 23.9 Å². The van der Waals surface area contributed by atoms with Gasteiger partial charge in [0, 0.05) is 11.8 Å². The molecule has 0 spiro atoms. The molecule has 27 heavy (non-hydrogen) atoms. The highest BCUT2D eigenvalue weighted by molar-refractivity contribution is 6.30. The third-order valence-electron chi connectivity index (χ3n) is 3.38. The van der Waals surface area contributed by atoms with Gasteiger partial charge < -0.3 is 20.1 Å². The second-order valence-corrected chi connectivity index (χ2v) is 5.83. The molecule has 8 nitrogen and oxygen atoms in total. The van der Waals surface area contributed by atoms with Gasteiger partial charge in [-0.3, -0.25) is 14.4 Å². The minimum atomic E-state index is -1.07. The lowest BCUT2D eigenvalue weighted by Gasteiger charge is -2.13. The summed E-state index contributed by atoms with van der Waals surface area (Å²) in [5, 5.41) is 5.34. The molecule has 0 fully saturated rings. The van der Waals surface area contributed by atoms with Crippen molar-refractivity contribution in [2.75, 3.05) is 19.0 Å². The fourth-order valence-corrected chi connectivity index (χ4v) is 2.10. The maximum absolute atomic E-state index is 12.0. The number of esters is 1. The van der Waals surface area contributed by atoms with Gasteiger partial charge in [-0.25, -0.2) is 4.98 Å². The fraction of sp³-hybridized carbons (Fsp3) is 0.222. The van der Waals surface area contributed by atoms with Crippen LogP contribution < -0.4 is 15.4 Å². The summed E-state index contributed by atoms with van der Waals surface area (Å²) in [6, 6.07) is 9.55. The van der Waals surface area contributed by atoms with Crippen molar-refractivity contribution in [3.8, 4) is 5.75 Å². The predicted molar refractivity (Wildman–Crippen MR) is 98.8 cm³/mol. The molecule has 0 aliphatic heterocycles. The molecule has 0 radical (unpaired) electrons. The summed E-state index contributed by atoms with van der Waals surface area (Å²) in [4.78, 5) is 39.8. The lowest BCUT2D eigenvalue weighted by Crippen LogP contribution is -2.36. The SMILES string of the molecule is COc1cccc(C(=O)NCC(=O)O[C@H](C)C(=O)Nc2ccc(Cl)cn2)c1. The molecule has 0 aliphatic carbocycles. The lowest BCUT2D eigenvalue weighted by molar-refractivity contribution is -0.152. The average molecular weight is 392 g/mol. The summed E-state index contributed by atoms with van der Waals surface area (Å²) in [5.74, 6) is -0.978. The third-order valence-corrected chi connectivity index (χ3v) is 3.60. The molecule has 142 valence electrons. The number of halogens is 1. The molecule has 2 rings (SSSR count). The van der Waals surface area contributed by atoms with Crippen molar-refractivity contribution in [1.29, 1.82) is 0 Å². The smallest absolute Gasteiger partial charge is 0.326 e. The number of anilines is 1. The number of hydrogen-bond donors (Lipinski definition) is 2. The molecular weight excluding hydrogens is 374 g/mol. The topological polar surface area (TPSA) is 107 Å². The van der Waals surface area contributed by atoms with E-state index in [2.05, 4.69) is 15.6 Å². The van der Waals surface area contributed by atoms with Crippen LogP contribution in [0.2, 0.25) is 5.02 Å². The lowest BCUT2D eigenvalue weighted by atomic mass is 10.2. The van der Waals surface area contributed by atoms with E-state index in [-0.39, 0.29) is 12.4 Å². The Morgan fingerprint density at radius 2 is 2.00 bits per heavy atom. The number of carbonyl (C=O) groups excluding carboxylic acids is 3. The zero-order valence-corrected chi connectivity index (χ0v) is 15.4. The highest BCUT2D eigenvalue weighted by Crippen LogP contribution is 2.12. The van der Waals surface area contributed by atoms with Crippen molar-refractivity contribution in [3.63, 3.8) is 0 Å². The summed E-state index contributed by atoms with van der Waals surface area (Å²) >= 11 is 5.72.